The Morgan fingerprint density at radius 1 is 0.900 bits per heavy atom. The Hall–Kier alpha value is -2.19. The van der Waals surface area contributed by atoms with Crippen LogP contribution >= 0.6 is 55.1 Å². The highest BCUT2D eigenvalue weighted by atomic mass is 79.9. The van der Waals surface area contributed by atoms with Gasteiger partial charge >= 0.3 is 0 Å². The summed E-state index contributed by atoms with van der Waals surface area (Å²) in [7, 11) is 0. The number of halogens is 4. The van der Waals surface area contributed by atoms with Gasteiger partial charge in [0.05, 0.1) is 16.4 Å². The second kappa shape index (κ2) is 8.89. The van der Waals surface area contributed by atoms with Crippen LogP contribution in [0.1, 0.15) is 10.6 Å². The Bertz CT molecular complexity index is 1160. The highest BCUT2D eigenvalue weighted by molar-refractivity contribution is 9.10. The molecule has 0 aliphatic heterocycles. The zero-order valence-corrected chi connectivity index (χ0v) is 19.8. The number of carbonyl (C=O) groups excluding carboxylic acids is 1. The molecule has 5 nitrogen and oxygen atoms in total. The van der Waals surface area contributed by atoms with Crippen molar-refractivity contribution < 1.29 is 4.79 Å². The maximum absolute atomic E-state index is 12.8. The van der Waals surface area contributed by atoms with Crippen molar-refractivity contribution in [2.75, 3.05) is 5.32 Å². The summed E-state index contributed by atoms with van der Waals surface area (Å²) in [5, 5.41) is 7.99. The maximum Gasteiger partial charge on any atom is 0.295 e. The third-order valence-electron chi connectivity index (χ3n) is 4.16. The Morgan fingerprint density at radius 3 is 2.17 bits per heavy atom. The molecule has 3 aromatic carbocycles. The Labute approximate surface area is 199 Å². The van der Waals surface area contributed by atoms with Crippen LogP contribution in [0.15, 0.2) is 75.7 Å². The van der Waals surface area contributed by atoms with E-state index in [0.29, 0.717) is 21.6 Å². The minimum Gasteiger partial charge on any atom is -0.318 e. The third kappa shape index (κ3) is 4.59. The van der Waals surface area contributed by atoms with E-state index in [2.05, 4.69) is 47.3 Å². The molecule has 0 bridgehead atoms. The standard InChI is InChI=1S/C21H12Br2Cl2N4O/c22-13-3-1-12(2-4-13)20-27-19(28-29(20)16-8-5-14(23)6-9-16)21(30)26-18-10-7-15(24)11-17(18)25/h1-11H,(H,26,30). The fourth-order valence-corrected chi connectivity index (χ4v) is 3.71. The molecule has 1 heterocycles. The summed E-state index contributed by atoms with van der Waals surface area (Å²) in [6.07, 6.45) is 0. The SMILES string of the molecule is O=C(Nc1ccc(Cl)cc1Cl)c1nc(-c2ccc(Br)cc2)n(-c2ccc(Br)cc2)n1. The summed E-state index contributed by atoms with van der Waals surface area (Å²) in [5.41, 5.74) is 2.01. The topological polar surface area (TPSA) is 59.8 Å². The van der Waals surface area contributed by atoms with Crippen molar-refractivity contribution in [2.24, 2.45) is 0 Å². The second-order valence-electron chi connectivity index (χ2n) is 6.23. The molecule has 1 aromatic heterocycles. The van der Waals surface area contributed by atoms with Gasteiger partial charge in [-0.3, -0.25) is 4.79 Å². The number of anilines is 1. The van der Waals surface area contributed by atoms with Gasteiger partial charge in [0.15, 0.2) is 5.82 Å². The second-order valence-corrected chi connectivity index (χ2v) is 8.91. The van der Waals surface area contributed by atoms with Gasteiger partial charge in [-0.15, -0.1) is 5.10 Å². The van der Waals surface area contributed by atoms with E-state index >= 15 is 0 Å². The minimum absolute atomic E-state index is 0.0156. The fourth-order valence-electron chi connectivity index (χ4n) is 2.73. The van der Waals surface area contributed by atoms with E-state index in [0.717, 1.165) is 20.2 Å². The average Bonchev–Trinajstić information content (AvgIpc) is 3.17. The third-order valence-corrected chi connectivity index (χ3v) is 5.77. The molecule has 0 unspecified atom stereocenters. The van der Waals surface area contributed by atoms with Gasteiger partial charge in [-0.05, 0) is 54.6 Å². The first-order chi connectivity index (χ1) is 14.4. The molecule has 0 saturated heterocycles. The summed E-state index contributed by atoms with van der Waals surface area (Å²) in [6, 6.07) is 20.0. The number of hydrogen-bond acceptors (Lipinski definition) is 3. The van der Waals surface area contributed by atoms with Gasteiger partial charge in [0, 0.05) is 19.5 Å². The predicted octanol–water partition coefficient (Wildman–Crippen LogP) is 7.02. The van der Waals surface area contributed by atoms with Crippen molar-refractivity contribution in [3.8, 4) is 17.1 Å². The van der Waals surface area contributed by atoms with Crippen LogP contribution in [0.25, 0.3) is 17.1 Å². The zero-order chi connectivity index (χ0) is 21.3. The molecule has 30 heavy (non-hydrogen) atoms. The first-order valence-electron chi connectivity index (χ1n) is 8.66. The lowest BCUT2D eigenvalue weighted by Crippen LogP contribution is -2.14. The van der Waals surface area contributed by atoms with E-state index in [1.165, 1.54) is 0 Å². The summed E-state index contributed by atoms with van der Waals surface area (Å²) in [6.45, 7) is 0. The van der Waals surface area contributed by atoms with Gasteiger partial charge < -0.3 is 5.32 Å². The van der Waals surface area contributed by atoms with Crippen molar-refractivity contribution in [1.82, 2.24) is 14.8 Å². The number of rotatable bonds is 4. The van der Waals surface area contributed by atoms with E-state index < -0.39 is 5.91 Å². The fraction of sp³-hybridized carbons (Fsp3) is 0. The Balaban J connectivity index is 1.75. The summed E-state index contributed by atoms with van der Waals surface area (Å²) in [5.74, 6) is 0.0764. The maximum atomic E-state index is 12.8. The molecule has 0 saturated carbocycles. The van der Waals surface area contributed by atoms with Crippen LogP contribution in [0.2, 0.25) is 10.0 Å². The molecule has 4 aromatic rings. The number of nitrogens with zero attached hydrogens (tertiary/aromatic N) is 3. The van der Waals surface area contributed by atoms with Crippen LogP contribution in [-0.2, 0) is 0 Å². The van der Waals surface area contributed by atoms with E-state index in [1.54, 1.807) is 22.9 Å². The molecule has 0 aliphatic carbocycles. The van der Waals surface area contributed by atoms with Crippen LogP contribution in [0.3, 0.4) is 0 Å². The molecular formula is C21H12Br2Cl2N4O. The van der Waals surface area contributed by atoms with E-state index in [9.17, 15) is 4.79 Å². The first kappa shape index (κ1) is 21.1. The normalized spacial score (nSPS) is 10.8. The molecule has 0 atom stereocenters. The van der Waals surface area contributed by atoms with Gasteiger partial charge in [-0.1, -0.05) is 67.2 Å². The molecule has 1 amide bonds. The van der Waals surface area contributed by atoms with Gasteiger partial charge in [-0.2, -0.15) is 0 Å². The van der Waals surface area contributed by atoms with Gasteiger partial charge in [-0.25, -0.2) is 9.67 Å². The number of benzene rings is 3. The minimum atomic E-state index is -0.478. The van der Waals surface area contributed by atoms with Gasteiger partial charge in [0.25, 0.3) is 5.91 Å². The van der Waals surface area contributed by atoms with Crippen LogP contribution < -0.4 is 5.32 Å². The Kier molecular flexibility index (Phi) is 6.24. The predicted molar refractivity (Wildman–Crippen MR) is 127 cm³/mol. The van der Waals surface area contributed by atoms with Gasteiger partial charge in [0.2, 0.25) is 5.82 Å². The first-order valence-corrected chi connectivity index (χ1v) is 11.0. The highest BCUT2D eigenvalue weighted by Gasteiger charge is 2.20. The molecule has 4 rings (SSSR count). The van der Waals surface area contributed by atoms with Crippen LogP contribution in [0, 0.1) is 0 Å². The molecule has 150 valence electrons. The molecular weight excluding hydrogens is 555 g/mol. The average molecular weight is 567 g/mol. The van der Waals surface area contributed by atoms with Crippen LogP contribution in [0.4, 0.5) is 5.69 Å². The molecule has 0 spiro atoms. The monoisotopic (exact) mass is 564 g/mol. The molecule has 1 N–H and O–H groups in total. The Morgan fingerprint density at radius 2 is 1.53 bits per heavy atom. The number of nitrogens with one attached hydrogen (secondary N) is 1. The van der Waals surface area contributed by atoms with E-state index in [-0.39, 0.29) is 5.82 Å². The lowest BCUT2D eigenvalue weighted by molar-refractivity contribution is 0.101. The lowest BCUT2D eigenvalue weighted by atomic mass is 10.2. The van der Waals surface area contributed by atoms with E-state index in [4.69, 9.17) is 23.2 Å². The largest absolute Gasteiger partial charge is 0.318 e. The van der Waals surface area contributed by atoms with Crippen molar-refractivity contribution in [3.63, 3.8) is 0 Å². The summed E-state index contributed by atoms with van der Waals surface area (Å²) in [4.78, 5) is 17.3. The summed E-state index contributed by atoms with van der Waals surface area (Å²) < 4.78 is 3.51. The van der Waals surface area contributed by atoms with E-state index in [1.807, 2.05) is 48.5 Å². The van der Waals surface area contributed by atoms with Crippen LogP contribution in [0.5, 0.6) is 0 Å². The smallest absolute Gasteiger partial charge is 0.295 e. The lowest BCUT2D eigenvalue weighted by Gasteiger charge is -2.06. The number of amides is 1. The van der Waals surface area contributed by atoms with Crippen molar-refractivity contribution in [2.45, 2.75) is 0 Å². The quantitative estimate of drug-likeness (QED) is 0.289. The summed E-state index contributed by atoms with van der Waals surface area (Å²) >= 11 is 18.9. The molecule has 9 heteroatoms. The highest BCUT2D eigenvalue weighted by Crippen LogP contribution is 2.27. The number of hydrogen-bond donors (Lipinski definition) is 1. The number of carbonyl (C=O) groups is 1. The van der Waals surface area contributed by atoms with Crippen LogP contribution in [-0.4, -0.2) is 20.7 Å². The molecule has 0 fully saturated rings. The number of aromatic nitrogens is 3. The van der Waals surface area contributed by atoms with Crippen molar-refractivity contribution >= 4 is 66.7 Å². The molecule has 0 aliphatic rings. The van der Waals surface area contributed by atoms with Crippen molar-refractivity contribution in [1.29, 1.82) is 0 Å². The zero-order valence-electron chi connectivity index (χ0n) is 15.1. The van der Waals surface area contributed by atoms with Gasteiger partial charge in [0.1, 0.15) is 0 Å². The van der Waals surface area contributed by atoms with Crippen molar-refractivity contribution in [3.05, 3.63) is 91.5 Å². The molecule has 0 radical (unpaired) electrons.